The third-order valence-corrected chi connectivity index (χ3v) is 2.20. The Balaban J connectivity index is 2.58. The second kappa shape index (κ2) is 6.90. The molecule has 0 spiro atoms. The fourth-order valence-corrected chi connectivity index (χ4v) is 1.37. The van der Waals surface area contributed by atoms with Crippen molar-refractivity contribution in [1.29, 1.82) is 0 Å². The summed E-state index contributed by atoms with van der Waals surface area (Å²) < 4.78 is 10.8. The fraction of sp³-hybridized carbons (Fsp3) is 0.636. The van der Waals surface area contributed by atoms with Gasteiger partial charge in [-0.2, -0.15) is 4.98 Å². The molecule has 0 aromatic carbocycles. The van der Waals surface area contributed by atoms with Crippen LogP contribution in [0.2, 0.25) is 0 Å². The third-order valence-electron chi connectivity index (χ3n) is 2.20. The zero-order valence-corrected chi connectivity index (χ0v) is 10.9. The minimum absolute atomic E-state index is 0.477. The van der Waals surface area contributed by atoms with Gasteiger partial charge in [-0.05, 0) is 20.5 Å². The van der Waals surface area contributed by atoms with E-state index in [1.807, 2.05) is 14.1 Å². The quantitative estimate of drug-likeness (QED) is 0.713. The van der Waals surface area contributed by atoms with E-state index in [0.29, 0.717) is 24.1 Å². The molecule has 1 N–H and O–H groups in total. The van der Waals surface area contributed by atoms with Crippen molar-refractivity contribution in [3.05, 3.63) is 6.33 Å². The molecule has 0 aliphatic carbocycles. The molecular formula is C11H20N4O2. The Labute approximate surface area is 102 Å². The molecule has 96 valence electrons. The van der Waals surface area contributed by atoms with E-state index in [1.165, 1.54) is 6.33 Å². The first kappa shape index (κ1) is 13.5. The number of aromatic nitrogens is 2. The summed E-state index contributed by atoms with van der Waals surface area (Å²) in [4.78, 5) is 10.2. The maximum absolute atomic E-state index is 5.58. The lowest BCUT2D eigenvalue weighted by Crippen LogP contribution is -2.16. The molecule has 0 radical (unpaired) electrons. The Kier molecular flexibility index (Phi) is 5.48. The molecule has 1 aromatic rings. The molecule has 1 aromatic heterocycles. The summed E-state index contributed by atoms with van der Waals surface area (Å²) in [6.07, 6.45) is 2.39. The molecule has 0 atom stereocenters. The van der Waals surface area contributed by atoms with Crippen LogP contribution in [-0.4, -0.2) is 56.3 Å². The van der Waals surface area contributed by atoms with E-state index in [9.17, 15) is 0 Å². The second-order valence-corrected chi connectivity index (χ2v) is 3.82. The second-order valence-electron chi connectivity index (χ2n) is 3.82. The smallest absolute Gasteiger partial charge is 0.262 e. The van der Waals surface area contributed by atoms with Gasteiger partial charge in [-0.25, -0.2) is 4.98 Å². The number of ether oxygens (including phenoxy) is 2. The summed E-state index contributed by atoms with van der Waals surface area (Å²) >= 11 is 0. The Morgan fingerprint density at radius 2 is 2.12 bits per heavy atom. The highest BCUT2D eigenvalue weighted by atomic mass is 16.5. The molecule has 0 bridgehead atoms. The molecule has 17 heavy (non-hydrogen) atoms. The normalized spacial score (nSPS) is 10.4. The largest absolute Gasteiger partial charge is 0.489 e. The highest BCUT2D eigenvalue weighted by Gasteiger charge is 2.11. The van der Waals surface area contributed by atoms with Gasteiger partial charge in [0.2, 0.25) is 5.75 Å². The molecule has 1 rings (SSSR count). The summed E-state index contributed by atoms with van der Waals surface area (Å²) in [5.41, 5.74) is 0. The lowest BCUT2D eigenvalue weighted by Gasteiger charge is -2.13. The van der Waals surface area contributed by atoms with Crippen molar-refractivity contribution in [3.8, 4) is 11.6 Å². The zero-order chi connectivity index (χ0) is 12.7. The maximum Gasteiger partial charge on any atom is 0.262 e. The van der Waals surface area contributed by atoms with Crippen molar-refractivity contribution in [1.82, 2.24) is 14.9 Å². The molecular weight excluding hydrogens is 220 g/mol. The molecule has 0 saturated carbocycles. The molecule has 0 unspecified atom stereocenters. The first-order chi connectivity index (χ1) is 8.19. The predicted octanol–water partition coefficient (Wildman–Crippen LogP) is 0.857. The van der Waals surface area contributed by atoms with Crippen molar-refractivity contribution >= 4 is 5.82 Å². The summed E-state index contributed by atoms with van der Waals surface area (Å²) in [7, 11) is 7.42. The van der Waals surface area contributed by atoms with Crippen LogP contribution in [0.15, 0.2) is 6.33 Å². The van der Waals surface area contributed by atoms with Gasteiger partial charge in [0.05, 0.1) is 13.7 Å². The molecule has 0 amide bonds. The molecule has 6 heteroatoms. The van der Waals surface area contributed by atoms with Gasteiger partial charge in [-0.1, -0.05) is 0 Å². The van der Waals surface area contributed by atoms with Crippen LogP contribution in [0, 0.1) is 0 Å². The molecule has 0 aliphatic rings. The average Bonchev–Trinajstić information content (AvgIpc) is 2.33. The van der Waals surface area contributed by atoms with Crippen LogP contribution in [0.5, 0.6) is 11.6 Å². The van der Waals surface area contributed by atoms with E-state index in [-0.39, 0.29) is 0 Å². The Bertz CT molecular complexity index is 344. The molecule has 0 fully saturated rings. The van der Waals surface area contributed by atoms with Crippen LogP contribution in [0.3, 0.4) is 0 Å². The van der Waals surface area contributed by atoms with Gasteiger partial charge in [-0.3, -0.25) is 0 Å². The average molecular weight is 240 g/mol. The first-order valence-electron chi connectivity index (χ1n) is 5.53. The summed E-state index contributed by atoms with van der Waals surface area (Å²) in [6, 6.07) is 0. The van der Waals surface area contributed by atoms with Crippen LogP contribution < -0.4 is 14.8 Å². The number of hydrogen-bond acceptors (Lipinski definition) is 6. The van der Waals surface area contributed by atoms with Crippen molar-refractivity contribution in [2.45, 2.75) is 6.42 Å². The van der Waals surface area contributed by atoms with Crippen molar-refractivity contribution in [3.63, 3.8) is 0 Å². The highest BCUT2D eigenvalue weighted by Crippen LogP contribution is 2.30. The maximum atomic E-state index is 5.58. The third kappa shape index (κ3) is 4.07. The van der Waals surface area contributed by atoms with E-state index in [0.717, 1.165) is 13.0 Å². The number of nitrogens with one attached hydrogen (secondary N) is 1. The SMILES string of the molecule is CNc1ncnc(OCCCN(C)C)c1OC. The van der Waals surface area contributed by atoms with E-state index in [4.69, 9.17) is 9.47 Å². The minimum atomic E-state index is 0.477. The molecule has 1 heterocycles. The standard InChI is InChI=1S/C11H20N4O2/c1-12-10-9(16-4)11(14-8-13-10)17-7-5-6-15(2)3/h8H,5-7H2,1-4H3,(H,12,13,14). The van der Waals surface area contributed by atoms with Crippen LogP contribution in [0.1, 0.15) is 6.42 Å². The van der Waals surface area contributed by atoms with E-state index >= 15 is 0 Å². The molecule has 0 aliphatic heterocycles. The minimum Gasteiger partial charge on any atom is -0.489 e. The summed E-state index contributed by atoms with van der Waals surface area (Å²) in [5.74, 6) is 1.65. The lowest BCUT2D eigenvalue weighted by molar-refractivity contribution is 0.258. The first-order valence-corrected chi connectivity index (χ1v) is 5.53. The van der Waals surface area contributed by atoms with Gasteiger partial charge >= 0.3 is 0 Å². The van der Waals surface area contributed by atoms with Crippen LogP contribution in [0.4, 0.5) is 5.82 Å². The summed E-state index contributed by atoms with van der Waals surface area (Å²) in [6.45, 7) is 1.58. The lowest BCUT2D eigenvalue weighted by atomic mass is 10.4. The topological polar surface area (TPSA) is 59.5 Å². The predicted molar refractivity (Wildman–Crippen MR) is 66.8 cm³/mol. The number of anilines is 1. The number of nitrogens with zero attached hydrogens (tertiary/aromatic N) is 3. The van der Waals surface area contributed by atoms with Gasteiger partial charge in [0.15, 0.2) is 5.82 Å². The fourth-order valence-electron chi connectivity index (χ4n) is 1.37. The molecule has 6 nitrogen and oxygen atoms in total. The monoisotopic (exact) mass is 240 g/mol. The number of rotatable bonds is 7. The highest BCUT2D eigenvalue weighted by molar-refractivity contribution is 5.54. The zero-order valence-electron chi connectivity index (χ0n) is 10.9. The van der Waals surface area contributed by atoms with Crippen molar-refractivity contribution < 1.29 is 9.47 Å². The van der Waals surface area contributed by atoms with Crippen LogP contribution >= 0.6 is 0 Å². The van der Waals surface area contributed by atoms with Crippen molar-refractivity contribution in [2.75, 3.05) is 46.7 Å². The Hall–Kier alpha value is -1.56. The van der Waals surface area contributed by atoms with Gasteiger partial charge in [0.25, 0.3) is 5.88 Å². The van der Waals surface area contributed by atoms with Gasteiger partial charge in [-0.15, -0.1) is 0 Å². The van der Waals surface area contributed by atoms with Gasteiger partial charge in [0, 0.05) is 13.6 Å². The van der Waals surface area contributed by atoms with E-state index < -0.39 is 0 Å². The van der Waals surface area contributed by atoms with Crippen molar-refractivity contribution in [2.24, 2.45) is 0 Å². The number of methoxy groups -OCH3 is 1. The summed E-state index contributed by atoms with van der Waals surface area (Å²) in [5, 5.41) is 2.93. The van der Waals surface area contributed by atoms with Crippen LogP contribution in [0.25, 0.3) is 0 Å². The Morgan fingerprint density at radius 1 is 1.35 bits per heavy atom. The van der Waals surface area contributed by atoms with Gasteiger partial charge < -0.3 is 19.7 Å². The van der Waals surface area contributed by atoms with Crippen LogP contribution in [-0.2, 0) is 0 Å². The Morgan fingerprint density at radius 3 is 2.71 bits per heavy atom. The number of hydrogen-bond donors (Lipinski definition) is 1. The molecule has 0 saturated heterocycles. The van der Waals surface area contributed by atoms with Gasteiger partial charge in [0.1, 0.15) is 6.33 Å². The van der Waals surface area contributed by atoms with E-state index in [1.54, 1.807) is 14.2 Å². The van der Waals surface area contributed by atoms with E-state index in [2.05, 4.69) is 20.2 Å².